The van der Waals surface area contributed by atoms with Gasteiger partial charge in [0, 0.05) is 12.3 Å². The Morgan fingerprint density at radius 3 is 2.44 bits per heavy atom. The van der Waals surface area contributed by atoms with Crippen molar-refractivity contribution in [3.63, 3.8) is 0 Å². The molecule has 2 heterocycles. The van der Waals surface area contributed by atoms with E-state index in [9.17, 15) is 38.2 Å². The normalized spacial score (nSPS) is 30.9. The number of H-pyrrole nitrogens is 1. The highest BCUT2D eigenvalue weighted by molar-refractivity contribution is 7.66. The van der Waals surface area contributed by atoms with Crippen LogP contribution in [0.2, 0.25) is 0 Å². The Morgan fingerprint density at radius 1 is 1.28 bits per heavy atom. The summed E-state index contributed by atoms with van der Waals surface area (Å²) in [5.41, 5.74) is -1.93. The number of alkyl halides is 1. The molecule has 32 heavy (non-hydrogen) atoms. The number of aliphatic hydroxyl groups is 1. The Balaban J connectivity index is 2.41. The zero-order valence-corrected chi connectivity index (χ0v) is 18.9. The lowest BCUT2D eigenvalue weighted by molar-refractivity contribution is -0.0455. The van der Waals surface area contributed by atoms with Gasteiger partial charge in [-0.2, -0.15) is 8.62 Å². The van der Waals surface area contributed by atoms with E-state index < -0.39 is 64.6 Å². The molecule has 16 nitrogen and oxygen atoms in total. The molecule has 3 unspecified atom stereocenters. The number of phosphoric acid groups is 3. The van der Waals surface area contributed by atoms with Crippen molar-refractivity contribution >= 4 is 35.1 Å². The van der Waals surface area contributed by atoms with E-state index in [1.807, 2.05) is 4.98 Å². The van der Waals surface area contributed by atoms with Crippen LogP contribution in [0.5, 0.6) is 0 Å². The first-order chi connectivity index (χ1) is 15.2. The van der Waals surface area contributed by atoms with Crippen LogP contribution in [0.25, 0.3) is 0 Å². The third-order valence-corrected chi connectivity index (χ3v) is 7.64. The summed E-state index contributed by atoms with van der Waals surface area (Å²) in [7, 11) is -17.7. The second-order valence-electron chi connectivity index (χ2n) is 5.81. The van der Waals surface area contributed by atoms with Crippen molar-refractivity contribution in [2.75, 3.05) is 6.56 Å². The zero-order valence-electron chi connectivity index (χ0n) is 17.5. The molecule has 6 N–H and O–H groups in total. The summed E-state index contributed by atoms with van der Waals surface area (Å²) in [4.78, 5) is 58.9. The van der Waals surface area contributed by atoms with E-state index in [-0.39, 0.29) is 0 Å². The largest absolute Gasteiger partial charge is 0.490 e. The van der Waals surface area contributed by atoms with Crippen LogP contribution in [0.3, 0.4) is 0 Å². The number of aromatic nitrogens is 2. The van der Waals surface area contributed by atoms with Gasteiger partial charge in [-0.05, 0) is 6.92 Å². The van der Waals surface area contributed by atoms with E-state index in [4.69, 9.17) is 28.9 Å². The summed E-state index contributed by atoms with van der Waals surface area (Å²) >= 11 is 6.31. The van der Waals surface area contributed by atoms with E-state index in [0.717, 1.165) is 12.3 Å². The highest BCUT2D eigenvalue weighted by Crippen LogP contribution is 2.66. The fraction of sp³-hybridized carbons (Fsp3) is 0.500. The highest BCUT2D eigenvalue weighted by atomic mass is 35.5. The quantitative estimate of drug-likeness (QED) is 0.133. The van der Waals surface area contributed by atoms with Crippen molar-refractivity contribution < 1.29 is 59.0 Å². The minimum atomic E-state index is -6.01. The van der Waals surface area contributed by atoms with E-state index in [2.05, 4.69) is 25.0 Å². The minimum Gasteiger partial charge on any atom is -0.387 e. The summed E-state index contributed by atoms with van der Waals surface area (Å²) in [6, 6.07) is 0.863. The smallest absolute Gasteiger partial charge is 0.387 e. The summed E-state index contributed by atoms with van der Waals surface area (Å²) in [6.07, 6.45) is -5.48. The van der Waals surface area contributed by atoms with Gasteiger partial charge in [0.05, 0.1) is 9.30 Å². The summed E-state index contributed by atoms with van der Waals surface area (Å²) < 4.78 is 66.9. The van der Waals surface area contributed by atoms with Crippen molar-refractivity contribution in [3.05, 3.63) is 33.1 Å². The van der Waals surface area contributed by atoms with E-state index in [1.54, 1.807) is 0 Å². The van der Waals surface area contributed by atoms with Gasteiger partial charge in [-0.1, -0.05) is 17.5 Å². The second kappa shape index (κ2) is 9.61. The van der Waals surface area contributed by atoms with Gasteiger partial charge in [0.15, 0.2) is 11.1 Å². The Morgan fingerprint density at radius 2 is 1.91 bits per heavy atom. The van der Waals surface area contributed by atoms with Gasteiger partial charge in [0.25, 0.3) is 5.56 Å². The molecule has 0 saturated carbocycles. The van der Waals surface area contributed by atoms with Crippen molar-refractivity contribution in [3.8, 4) is 11.8 Å². The van der Waals surface area contributed by atoms with Crippen LogP contribution >= 0.6 is 35.1 Å². The lowest BCUT2D eigenvalue weighted by atomic mass is 9.99. The monoisotopic (exact) mass is 542 g/mol. The molecular formula is C12H16ClN2O14P3. The van der Waals surface area contributed by atoms with Crippen molar-refractivity contribution in [1.29, 1.82) is 0 Å². The predicted octanol–water partition coefficient (Wildman–Crippen LogP) is -0.861. The predicted molar refractivity (Wildman–Crippen MR) is 103 cm³/mol. The van der Waals surface area contributed by atoms with Gasteiger partial charge < -0.3 is 29.4 Å². The maximum Gasteiger partial charge on any atom is 0.490 e. The van der Waals surface area contributed by atoms with Gasteiger partial charge in [0.2, 0.25) is 0 Å². The molecule has 1 aromatic rings. The molecule has 0 aliphatic carbocycles. The molecule has 180 valence electrons. The Hall–Kier alpha value is -1.14. The van der Waals surface area contributed by atoms with Gasteiger partial charge in [0.1, 0.15) is 12.2 Å². The highest BCUT2D eigenvalue weighted by Gasteiger charge is 2.56. The number of phosphoric ester groups is 1. The molecule has 20 heteroatoms. The Bertz CT molecular complexity index is 1270. The molecule has 0 aromatic carbocycles. The third-order valence-electron chi connectivity index (χ3n) is 3.47. The lowest BCUT2D eigenvalue weighted by Crippen LogP contribution is -2.44. The number of nitrogens with one attached hydrogen (secondary N) is 1. The number of rotatable bonds is 8. The molecule has 0 bridgehead atoms. The molecule has 0 radical (unpaired) electrons. The Labute approximate surface area is 186 Å². The van der Waals surface area contributed by atoms with Crippen LogP contribution in [0.15, 0.2) is 21.9 Å². The molecule has 1 aliphatic rings. The lowest BCUT2D eigenvalue weighted by Gasteiger charge is -2.25. The molecule has 1 aromatic heterocycles. The fourth-order valence-corrected chi connectivity index (χ4v) is 5.63. The van der Waals surface area contributed by atoms with E-state index >= 15 is 0 Å². The zero-order chi connectivity index (χ0) is 26.3. The van der Waals surface area contributed by atoms with Crippen molar-refractivity contribution in [2.45, 2.75) is 30.2 Å². The molecule has 0 spiro atoms. The molecular weight excluding hydrogens is 525 g/mol. The molecule has 1 aliphatic heterocycles. The van der Waals surface area contributed by atoms with Crippen LogP contribution in [0.1, 0.15) is 15.9 Å². The summed E-state index contributed by atoms with van der Waals surface area (Å²) in [5, 5.41) is 10.6. The number of ether oxygens (including phenoxy) is 1. The number of nitrogens with zero attached hydrogens (tertiary/aromatic N) is 1. The van der Waals surface area contributed by atoms with Gasteiger partial charge >= 0.3 is 29.2 Å². The standard InChI is InChI=1S/C12H16ClN2O14P3/c1-2-4-12(13)9(17)7(27-10(12)15-5-3-8(16)14-11(15)18)6-26-31(22,23)29-32(24,25)28-30(19,20)21/h3,5,7,9-10,17H,6H2,1H3,(H,22,23)(H,24,25)(H,14,16,18)(H2,19,20,21)/t7-,9+,10-,12?/m1/s1/i6D2. The van der Waals surface area contributed by atoms with Gasteiger partial charge in [-0.25, -0.2) is 18.5 Å². The first-order valence-corrected chi connectivity index (χ1v) is 12.8. The number of hydrogen-bond donors (Lipinski definition) is 6. The number of halogens is 1. The summed E-state index contributed by atoms with van der Waals surface area (Å²) in [5.74, 6) is 4.62. The molecule has 0 amide bonds. The van der Waals surface area contributed by atoms with Crippen LogP contribution in [-0.2, 0) is 31.6 Å². The van der Waals surface area contributed by atoms with Crippen molar-refractivity contribution in [1.82, 2.24) is 9.55 Å². The summed E-state index contributed by atoms with van der Waals surface area (Å²) in [6.45, 7) is -2.33. The average Bonchev–Trinajstić information content (AvgIpc) is 2.83. The minimum absolute atomic E-state index is 0.628. The first-order valence-electron chi connectivity index (χ1n) is 8.85. The van der Waals surface area contributed by atoms with E-state index in [1.165, 1.54) is 6.92 Å². The van der Waals surface area contributed by atoms with E-state index in [0.29, 0.717) is 4.57 Å². The fourth-order valence-electron chi connectivity index (χ4n) is 2.39. The topological polar surface area (TPSA) is 244 Å². The van der Waals surface area contributed by atoms with Crippen LogP contribution < -0.4 is 11.2 Å². The second-order valence-corrected chi connectivity index (χ2v) is 10.8. The molecule has 1 fully saturated rings. The Kier molecular flexibility index (Phi) is 7.21. The SMILES string of the molecule is [2H]C([2H])(OP(=O)(O)OP(=O)(O)OP(=O)(O)O)[C@H]1O[C@@H](n2ccc(=O)[nH]c2=O)C(Cl)(C#CC)[C@H]1O. The maximum absolute atomic E-state index is 12.2. The maximum atomic E-state index is 12.2. The van der Waals surface area contributed by atoms with Gasteiger partial charge in [-0.3, -0.25) is 18.9 Å². The first kappa shape index (κ1) is 24.0. The molecule has 2 rings (SSSR count). The third kappa shape index (κ3) is 6.69. The van der Waals surface area contributed by atoms with Crippen LogP contribution in [0.4, 0.5) is 0 Å². The van der Waals surface area contributed by atoms with Crippen LogP contribution in [0, 0.1) is 11.8 Å². The molecule has 1 saturated heterocycles. The van der Waals surface area contributed by atoms with Crippen LogP contribution in [-0.4, -0.2) is 57.9 Å². The number of hydrogen-bond acceptors (Lipinski definition) is 10. The molecule has 6 atom stereocenters. The average molecular weight is 543 g/mol. The van der Waals surface area contributed by atoms with Crippen molar-refractivity contribution in [2.24, 2.45) is 0 Å². The van der Waals surface area contributed by atoms with Gasteiger partial charge in [-0.15, -0.1) is 5.92 Å². The number of aliphatic hydroxyl groups excluding tert-OH is 1. The number of aromatic amines is 1.